The highest BCUT2D eigenvalue weighted by molar-refractivity contribution is 5.40. The van der Waals surface area contributed by atoms with Crippen LogP contribution in [0, 0.1) is 0 Å². The molecule has 0 aromatic carbocycles. The van der Waals surface area contributed by atoms with Gasteiger partial charge in [-0.2, -0.15) is 0 Å². The lowest BCUT2D eigenvalue weighted by molar-refractivity contribution is 0.335. The number of aromatic nitrogens is 3. The standard InChI is InChI=1S/C5H4N3O/c9-5-3-4-6-1-2-8(4)7-5/h1-3,6H. The van der Waals surface area contributed by atoms with Gasteiger partial charge in [0.25, 0.3) is 5.88 Å². The quantitative estimate of drug-likeness (QED) is 0.552. The lowest BCUT2D eigenvalue weighted by atomic mass is 10.7. The lowest BCUT2D eigenvalue weighted by Crippen LogP contribution is -1.75. The Morgan fingerprint density at radius 3 is 3.33 bits per heavy atom. The predicted molar refractivity (Wildman–Crippen MR) is 29.7 cm³/mol. The fourth-order valence-corrected chi connectivity index (χ4v) is 0.787. The number of rotatable bonds is 0. The van der Waals surface area contributed by atoms with Gasteiger partial charge in [-0.25, -0.2) is 4.52 Å². The average Bonchev–Trinajstić information content (AvgIpc) is 2.22. The van der Waals surface area contributed by atoms with Crippen LogP contribution in [0.15, 0.2) is 18.5 Å². The Kier molecular flexibility index (Phi) is 0.631. The van der Waals surface area contributed by atoms with E-state index in [2.05, 4.69) is 10.1 Å². The largest absolute Gasteiger partial charge is 0.345 e. The number of hydrogen-bond donors (Lipinski definition) is 1. The number of nitrogens with zero attached hydrogens (tertiary/aromatic N) is 2. The first-order valence-electron chi connectivity index (χ1n) is 2.56. The third-order valence-corrected chi connectivity index (χ3v) is 1.16. The summed E-state index contributed by atoms with van der Waals surface area (Å²) in [6, 6.07) is 1.44. The zero-order valence-corrected chi connectivity index (χ0v) is 4.53. The van der Waals surface area contributed by atoms with Crippen LogP contribution in [0.3, 0.4) is 0 Å². The van der Waals surface area contributed by atoms with Crippen LogP contribution in [-0.4, -0.2) is 14.6 Å². The van der Waals surface area contributed by atoms with E-state index in [4.69, 9.17) is 0 Å². The van der Waals surface area contributed by atoms with Crippen LogP contribution in [0.4, 0.5) is 0 Å². The maximum absolute atomic E-state index is 10.5. The first-order valence-corrected chi connectivity index (χ1v) is 2.56. The molecule has 4 nitrogen and oxygen atoms in total. The summed E-state index contributed by atoms with van der Waals surface area (Å²) < 4.78 is 1.50. The molecule has 1 N–H and O–H groups in total. The molecule has 0 spiro atoms. The maximum atomic E-state index is 10.5. The van der Waals surface area contributed by atoms with Gasteiger partial charge in [-0.05, 0) is 0 Å². The van der Waals surface area contributed by atoms with Crippen LogP contribution in [0.5, 0.6) is 5.88 Å². The van der Waals surface area contributed by atoms with Gasteiger partial charge in [0.1, 0.15) is 5.65 Å². The summed E-state index contributed by atoms with van der Waals surface area (Å²) in [5.74, 6) is -0.207. The Bertz CT molecular complexity index is 293. The van der Waals surface area contributed by atoms with E-state index in [9.17, 15) is 5.11 Å². The summed E-state index contributed by atoms with van der Waals surface area (Å²) >= 11 is 0. The van der Waals surface area contributed by atoms with Gasteiger partial charge in [0.2, 0.25) is 0 Å². The van der Waals surface area contributed by atoms with E-state index >= 15 is 0 Å². The molecule has 0 aliphatic heterocycles. The molecule has 0 aliphatic rings. The fraction of sp³-hybridized carbons (Fsp3) is 0. The Morgan fingerprint density at radius 1 is 1.67 bits per heavy atom. The van der Waals surface area contributed by atoms with Gasteiger partial charge in [0.05, 0.1) is 0 Å². The first kappa shape index (κ1) is 4.43. The molecule has 0 atom stereocenters. The SMILES string of the molecule is [O]c1cc2[nH]ccn2n1. The highest BCUT2D eigenvalue weighted by Gasteiger charge is 1.98. The van der Waals surface area contributed by atoms with E-state index in [0.717, 1.165) is 5.65 Å². The minimum atomic E-state index is -0.207. The predicted octanol–water partition coefficient (Wildman–Crippen LogP) is 0.806. The van der Waals surface area contributed by atoms with Crippen LogP contribution in [0.2, 0.25) is 0 Å². The van der Waals surface area contributed by atoms with Crippen molar-refractivity contribution in [2.45, 2.75) is 0 Å². The fourth-order valence-electron chi connectivity index (χ4n) is 0.787. The third-order valence-electron chi connectivity index (χ3n) is 1.16. The van der Waals surface area contributed by atoms with Crippen molar-refractivity contribution in [3.05, 3.63) is 18.5 Å². The van der Waals surface area contributed by atoms with Crippen molar-refractivity contribution in [1.82, 2.24) is 14.6 Å². The Hall–Kier alpha value is -1.45. The molecule has 2 aromatic rings. The summed E-state index contributed by atoms with van der Waals surface area (Å²) in [5.41, 5.74) is 0.736. The van der Waals surface area contributed by atoms with Crippen molar-refractivity contribution in [2.24, 2.45) is 0 Å². The Morgan fingerprint density at radius 2 is 2.56 bits per heavy atom. The van der Waals surface area contributed by atoms with Gasteiger partial charge in [0, 0.05) is 18.5 Å². The van der Waals surface area contributed by atoms with Crippen molar-refractivity contribution >= 4 is 5.65 Å². The number of fused-ring (bicyclic) bond motifs is 1. The smallest absolute Gasteiger partial charge is 0.290 e. The van der Waals surface area contributed by atoms with E-state index in [-0.39, 0.29) is 5.88 Å². The molecule has 0 aliphatic carbocycles. The molecule has 1 radical (unpaired) electrons. The van der Waals surface area contributed by atoms with Crippen molar-refractivity contribution in [1.29, 1.82) is 0 Å². The monoisotopic (exact) mass is 122 g/mol. The topological polar surface area (TPSA) is 53.0 Å². The molecule has 0 unspecified atom stereocenters. The molecule has 45 valence electrons. The molecule has 0 amide bonds. The minimum absolute atomic E-state index is 0.207. The molecule has 0 saturated carbocycles. The van der Waals surface area contributed by atoms with Crippen LogP contribution in [0.25, 0.3) is 5.65 Å². The van der Waals surface area contributed by atoms with Gasteiger partial charge >= 0.3 is 0 Å². The Labute approximate surface area is 50.7 Å². The molecule has 0 bridgehead atoms. The second-order valence-electron chi connectivity index (χ2n) is 1.77. The summed E-state index contributed by atoms with van der Waals surface area (Å²) in [7, 11) is 0. The number of aromatic amines is 1. The van der Waals surface area contributed by atoms with Gasteiger partial charge in [-0.15, -0.1) is 5.10 Å². The summed E-state index contributed by atoms with van der Waals surface area (Å²) in [5, 5.41) is 14.1. The van der Waals surface area contributed by atoms with Crippen LogP contribution >= 0.6 is 0 Å². The minimum Gasteiger partial charge on any atom is -0.345 e. The second kappa shape index (κ2) is 1.28. The van der Waals surface area contributed by atoms with Crippen LogP contribution in [0.1, 0.15) is 0 Å². The second-order valence-corrected chi connectivity index (χ2v) is 1.77. The van der Waals surface area contributed by atoms with E-state index in [1.54, 1.807) is 12.4 Å². The van der Waals surface area contributed by atoms with Crippen LogP contribution < -0.4 is 0 Å². The molecule has 2 rings (SSSR count). The van der Waals surface area contributed by atoms with Crippen molar-refractivity contribution in [2.75, 3.05) is 0 Å². The normalized spacial score (nSPS) is 10.7. The third kappa shape index (κ3) is 0.495. The van der Waals surface area contributed by atoms with E-state index in [0.29, 0.717) is 0 Å². The first-order chi connectivity index (χ1) is 4.36. The summed E-state index contributed by atoms with van der Waals surface area (Å²) in [6.07, 6.45) is 3.42. The summed E-state index contributed by atoms with van der Waals surface area (Å²) in [6.45, 7) is 0. The molecule has 0 saturated heterocycles. The maximum Gasteiger partial charge on any atom is 0.290 e. The molecule has 2 heterocycles. The average molecular weight is 122 g/mol. The highest BCUT2D eigenvalue weighted by Crippen LogP contribution is 2.08. The number of H-pyrrole nitrogens is 1. The van der Waals surface area contributed by atoms with E-state index in [1.165, 1.54) is 10.6 Å². The number of nitrogens with one attached hydrogen (secondary N) is 1. The van der Waals surface area contributed by atoms with Gasteiger partial charge in [-0.1, -0.05) is 0 Å². The van der Waals surface area contributed by atoms with Crippen molar-refractivity contribution < 1.29 is 5.11 Å². The zero-order valence-electron chi connectivity index (χ0n) is 4.53. The lowest BCUT2D eigenvalue weighted by Gasteiger charge is -1.72. The van der Waals surface area contributed by atoms with E-state index < -0.39 is 0 Å². The number of imidazole rings is 1. The molecule has 2 aromatic heterocycles. The van der Waals surface area contributed by atoms with Gasteiger partial charge < -0.3 is 4.98 Å². The van der Waals surface area contributed by atoms with E-state index in [1.807, 2.05) is 0 Å². The molecule has 0 fully saturated rings. The summed E-state index contributed by atoms with van der Waals surface area (Å²) in [4.78, 5) is 2.84. The molecule has 4 heteroatoms. The Balaban J connectivity index is 2.92. The molecular weight excluding hydrogens is 118 g/mol. The van der Waals surface area contributed by atoms with Crippen molar-refractivity contribution in [3.8, 4) is 5.88 Å². The van der Waals surface area contributed by atoms with Crippen LogP contribution in [-0.2, 0) is 5.11 Å². The zero-order chi connectivity index (χ0) is 6.27. The molecular formula is C5H4N3O. The van der Waals surface area contributed by atoms with Gasteiger partial charge in [0.15, 0.2) is 0 Å². The van der Waals surface area contributed by atoms with Gasteiger partial charge in [-0.3, -0.25) is 5.11 Å². The van der Waals surface area contributed by atoms with Crippen molar-refractivity contribution in [3.63, 3.8) is 0 Å². The highest BCUT2D eigenvalue weighted by atomic mass is 16.3. The number of hydrogen-bond acceptors (Lipinski definition) is 1. The molecule has 9 heavy (non-hydrogen) atoms.